The minimum absolute atomic E-state index is 0.253. The molecule has 0 atom stereocenters. The molecule has 1 rings (SSSR count). The van der Waals surface area contributed by atoms with Gasteiger partial charge in [0.15, 0.2) is 0 Å². The van der Waals surface area contributed by atoms with Crippen molar-refractivity contribution < 1.29 is 8.42 Å². The van der Waals surface area contributed by atoms with E-state index < -0.39 is 10.0 Å². The number of nitrogens with two attached hydrogens (primary N) is 1. The SMILES string of the molecule is CC(C)Cc1csc(S(N)(=O)=O)c1. The second-order valence-corrected chi connectivity index (χ2v) is 6.12. The van der Waals surface area contributed by atoms with E-state index in [1.54, 1.807) is 6.07 Å². The molecule has 0 saturated heterocycles. The predicted octanol–water partition coefficient (Wildman–Crippen LogP) is 1.59. The van der Waals surface area contributed by atoms with Gasteiger partial charge in [-0.25, -0.2) is 13.6 Å². The van der Waals surface area contributed by atoms with Crippen molar-refractivity contribution in [1.29, 1.82) is 0 Å². The van der Waals surface area contributed by atoms with Gasteiger partial charge >= 0.3 is 0 Å². The molecule has 0 fully saturated rings. The molecule has 0 aliphatic carbocycles. The summed E-state index contributed by atoms with van der Waals surface area (Å²) >= 11 is 1.19. The van der Waals surface area contributed by atoms with Crippen LogP contribution in [0, 0.1) is 5.92 Å². The van der Waals surface area contributed by atoms with Gasteiger partial charge in [-0.1, -0.05) is 13.8 Å². The number of thiophene rings is 1. The van der Waals surface area contributed by atoms with E-state index in [4.69, 9.17) is 5.14 Å². The molecule has 0 amide bonds. The zero-order valence-electron chi connectivity index (χ0n) is 7.65. The lowest BCUT2D eigenvalue weighted by atomic mass is 10.1. The van der Waals surface area contributed by atoms with Crippen LogP contribution in [0.2, 0.25) is 0 Å². The molecule has 0 spiro atoms. The molecule has 5 heteroatoms. The summed E-state index contributed by atoms with van der Waals surface area (Å²) in [5, 5.41) is 6.83. The van der Waals surface area contributed by atoms with Crippen LogP contribution < -0.4 is 5.14 Å². The largest absolute Gasteiger partial charge is 0.247 e. The summed E-state index contributed by atoms with van der Waals surface area (Å²) in [7, 11) is -3.50. The summed E-state index contributed by atoms with van der Waals surface area (Å²) in [6, 6.07) is 1.65. The molecule has 3 nitrogen and oxygen atoms in total. The Labute approximate surface area is 82.6 Å². The molecule has 0 aliphatic rings. The first-order chi connectivity index (χ1) is 5.89. The van der Waals surface area contributed by atoms with Gasteiger partial charge in [-0.15, -0.1) is 11.3 Å². The Morgan fingerprint density at radius 3 is 2.54 bits per heavy atom. The summed E-state index contributed by atoms with van der Waals surface area (Å²) in [5.41, 5.74) is 1.05. The zero-order valence-corrected chi connectivity index (χ0v) is 9.28. The van der Waals surface area contributed by atoms with Crippen molar-refractivity contribution >= 4 is 21.4 Å². The first-order valence-corrected chi connectivity index (χ1v) is 6.42. The van der Waals surface area contributed by atoms with E-state index in [-0.39, 0.29) is 4.21 Å². The zero-order chi connectivity index (χ0) is 10.1. The maximum atomic E-state index is 10.9. The highest BCUT2D eigenvalue weighted by atomic mass is 32.2. The van der Waals surface area contributed by atoms with Gasteiger partial charge in [-0.2, -0.15) is 0 Å². The molecule has 0 aliphatic heterocycles. The molecule has 0 radical (unpaired) electrons. The smallest absolute Gasteiger partial charge is 0.224 e. The Balaban J connectivity index is 2.88. The van der Waals surface area contributed by atoms with E-state index in [1.807, 2.05) is 5.38 Å². The first-order valence-electron chi connectivity index (χ1n) is 4.00. The molecule has 13 heavy (non-hydrogen) atoms. The molecular weight excluding hydrogens is 206 g/mol. The maximum Gasteiger partial charge on any atom is 0.247 e. The minimum atomic E-state index is -3.50. The van der Waals surface area contributed by atoms with Crippen LogP contribution >= 0.6 is 11.3 Å². The summed E-state index contributed by atoms with van der Waals surface area (Å²) in [6.45, 7) is 4.18. The number of primary sulfonamides is 1. The Morgan fingerprint density at radius 2 is 2.15 bits per heavy atom. The van der Waals surface area contributed by atoms with Crippen LogP contribution in [-0.4, -0.2) is 8.42 Å². The van der Waals surface area contributed by atoms with Crippen molar-refractivity contribution in [2.24, 2.45) is 11.1 Å². The third-order valence-electron chi connectivity index (χ3n) is 1.55. The summed E-state index contributed by atoms with van der Waals surface area (Å²) < 4.78 is 22.1. The van der Waals surface area contributed by atoms with E-state index in [1.165, 1.54) is 11.3 Å². The number of rotatable bonds is 3. The van der Waals surface area contributed by atoms with Crippen LogP contribution in [0.1, 0.15) is 19.4 Å². The third kappa shape index (κ3) is 3.10. The van der Waals surface area contributed by atoms with Crippen LogP contribution in [-0.2, 0) is 16.4 Å². The Hall–Kier alpha value is -0.390. The number of hydrogen-bond donors (Lipinski definition) is 1. The Morgan fingerprint density at radius 1 is 1.54 bits per heavy atom. The lowest BCUT2D eigenvalue weighted by Gasteiger charge is -1.99. The second kappa shape index (κ2) is 3.77. The minimum Gasteiger partial charge on any atom is -0.224 e. The van der Waals surface area contributed by atoms with Gasteiger partial charge in [0.1, 0.15) is 4.21 Å². The average molecular weight is 219 g/mol. The van der Waals surface area contributed by atoms with Crippen molar-refractivity contribution in [3.63, 3.8) is 0 Å². The highest BCUT2D eigenvalue weighted by molar-refractivity contribution is 7.91. The van der Waals surface area contributed by atoms with E-state index in [0.717, 1.165) is 12.0 Å². The molecule has 74 valence electrons. The molecule has 1 aromatic heterocycles. The first kappa shape index (κ1) is 10.7. The van der Waals surface area contributed by atoms with Crippen LogP contribution in [0.25, 0.3) is 0 Å². The monoisotopic (exact) mass is 219 g/mol. The van der Waals surface area contributed by atoms with E-state index in [9.17, 15) is 8.42 Å². The fourth-order valence-corrected chi connectivity index (χ4v) is 2.73. The van der Waals surface area contributed by atoms with Gasteiger partial charge < -0.3 is 0 Å². The average Bonchev–Trinajstić information content (AvgIpc) is 2.32. The third-order valence-corrected chi connectivity index (χ3v) is 3.99. The van der Waals surface area contributed by atoms with E-state index >= 15 is 0 Å². The number of hydrogen-bond acceptors (Lipinski definition) is 3. The molecular formula is C8H13NO2S2. The molecule has 1 heterocycles. The van der Waals surface area contributed by atoms with Gasteiger partial charge in [0.2, 0.25) is 10.0 Å². The van der Waals surface area contributed by atoms with Crippen LogP contribution in [0.5, 0.6) is 0 Å². The number of sulfonamides is 1. The van der Waals surface area contributed by atoms with Gasteiger partial charge in [-0.05, 0) is 29.3 Å². The predicted molar refractivity (Wildman–Crippen MR) is 54.2 cm³/mol. The van der Waals surface area contributed by atoms with Crippen molar-refractivity contribution in [2.75, 3.05) is 0 Å². The molecule has 1 aromatic rings. The molecule has 0 bridgehead atoms. The summed E-state index contributed by atoms with van der Waals surface area (Å²) in [5.74, 6) is 0.530. The van der Waals surface area contributed by atoms with E-state index in [2.05, 4.69) is 13.8 Å². The fourth-order valence-electron chi connectivity index (χ4n) is 1.08. The molecule has 0 unspecified atom stereocenters. The van der Waals surface area contributed by atoms with E-state index in [0.29, 0.717) is 5.92 Å². The van der Waals surface area contributed by atoms with Crippen molar-refractivity contribution in [3.8, 4) is 0 Å². The van der Waals surface area contributed by atoms with Crippen LogP contribution in [0.3, 0.4) is 0 Å². The van der Waals surface area contributed by atoms with Gasteiger partial charge in [0.25, 0.3) is 0 Å². The Kier molecular flexibility index (Phi) is 3.10. The van der Waals surface area contributed by atoms with Gasteiger partial charge in [0.05, 0.1) is 0 Å². The van der Waals surface area contributed by atoms with Crippen molar-refractivity contribution in [3.05, 3.63) is 17.0 Å². The Bertz CT molecular complexity index is 379. The fraction of sp³-hybridized carbons (Fsp3) is 0.500. The topological polar surface area (TPSA) is 60.2 Å². The lowest BCUT2D eigenvalue weighted by molar-refractivity contribution is 0.599. The lowest BCUT2D eigenvalue weighted by Crippen LogP contribution is -2.10. The van der Waals surface area contributed by atoms with Crippen LogP contribution in [0.15, 0.2) is 15.7 Å². The van der Waals surface area contributed by atoms with Crippen LogP contribution in [0.4, 0.5) is 0 Å². The highest BCUT2D eigenvalue weighted by Gasteiger charge is 2.11. The van der Waals surface area contributed by atoms with Gasteiger partial charge in [0, 0.05) is 0 Å². The highest BCUT2D eigenvalue weighted by Crippen LogP contribution is 2.20. The summed E-state index contributed by atoms with van der Waals surface area (Å²) in [4.78, 5) is 0. The second-order valence-electron chi connectivity index (χ2n) is 3.42. The quantitative estimate of drug-likeness (QED) is 0.839. The molecule has 2 N–H and O–H groups in total. The standard InChI is InChI=1S/C8H13NO2S2/c1-6(2)3-7-4-8(12-5-7)13(9,10)11/h4-6H,3H2,1-2H3,(H2,9,10,11). The van der Waals surface area contributed by atoms with Crippen molar-refractivity contribution in [1.82, 2.24) is 0 Å². The normalized spacial score (nSPS) is 12.3. The van der Waals surface area contributed by atoms with Gasteiger partial charge in [-0.3, -0.25) is 0 Å². The summed E-state index contributed by atoms with van der Waals surface area (Å²) in [6.07, 6.45) is 0.895. The van der Waals surface area contributed by atoms with Crippen molar-refractivity contribution in [2.45, 2.75) is 24.5 Å². The molecule has 0 aromatic carbocycles. The maximum absolute atomic E-state index is 10.9. The molecule has 0 saturated carbocycles.